The van der Waals surface area contributed by atoms with Crippen LogP contribution in [0.1, 0.15) is 57.7 Å². The Morgan fingerprint density at radius 1 is 1.00 bits per heavy atom. The molecule has 0 spiro atoms. The summed E-state index contributed by atoms with van der Waals surface area (Å²) in [6, 6.07) is 17.1. The number of fused-ring (bicyclic) bond motifs is 1. The lowest BCUT2D eigenvalue weighted by Crippen LogP contribution is -2.31. The number of methoxy groups -OCH3 is 2. The Balaban J connectivity index is 1.55. The summed E-state index contributed by atoms with van der Waals surface area (Å²) in [4.78, 5) is 15.7. The van der Waals surface area contributed by atoms with E-state index >= 15 is 0 Å². The number of ether oxygens (including phenoxy) is 3. The number of nitrogens with one attached hydrogen (secondary N) is 1. The number of aryl methyl sites for hydroxylation is 2. The van der Waals surface area contributed by atoms with Gasteiger partial charge in [0.25, 0.3) is 5.91 Å². The van der Waals surface area contributed by atoms with Crippen LogP contribution in [0.2, 0.25) is 0 Å². The van der Waals surface area contributed by atoms with Crippen molar-refractivity contribution in [3.8, 4) is 34.3 Å². The van der Waals surface area contributed by atoms with Gasteiger partial charge in [0, 0.05) is 17.7 Å². The van der Waals surface area contributed by atoms with Gasteiger partial charge in [0.05, 0.1) is 26.9 Å². The number of aromatic nitrogens is 2. The van der Waals surface area contributed by atoms with Gasteiger partial charge in [-0.25, -0.2) is 0 Å². The van der Waals surface area contributed by atoms with Crippen molar-refractivity contribution in [3.63, 3.8) is 0 Å². The lowest BCUT2D eigenvalue weighted by molar-refractivity contribution is 0.0746. The van der Waals surface area contributed by atoms with E-state index in [-0.39, 0.29) is 11.7 Å². The average molecular weight is 542 g/mol. The van der Waals surface area contributed by atoms with Crippen molar-refractivity contribution in [2.45, 2.75) is 39.7 Å². The molecular weight excluding hydrogens is 506 g/mol. The minimum atomic E-state index is -0.392. The maximum Gasteiger partial charge on any atom is 0.273 e. The van der Waals surface area contributed by atoms with Gasteiger partial charge in [-0.3, -0.25) is 9.89 Å². The van der Waals surface area contributed by atoms with E-state index in [1.165, 1.54) is 0 Å². The second-order valence-electron chi connectivity index (χ2n) is 10.1. The minimum Gasteiger partial charge on any atom is -0.507 e. The topological polar surface area (TPSA) is 96.9 Å². The van der Waals surface area contributed by atoms with Crippen LogP contribution in [0.25, 0.3) is 11.3 Å². The van der Waals surface area contributed by atoms with Crippen LogP contribution in [0.5, 0.6) is 23.0 Å². The van der Waals surface area contributed by atoms with Crippen LogP contribution < -0.4 is 14.2 Å². The van der Waals surface area contributed by atoms with E-state index in [1.807, 2.05) is 73.3 Å². The molecule has 0 aliphatic carbocycles. The molecule has 5 rings (SSSR count). The van der Waals surface area contributed by atoms with Crippen LogP contribution in [-0.4, -0.2) is 53.5 Å². The molecular formula is C32H35N3O5. The summed E-state index contributed by atoms with van der Waals surface area (Å²) in [7, 11) is 3.22. The summed E-state index contributed by atoms with van der Waals surface area (Å²) in [6.07, 6.45) is 1.53. The number of benzene rings is 3. The van der Waals surface area contributed by atoms with E-state index in [2.05, 4.69) is 17.1 Å². The first kappa shape index (κ1) is 27.1. The fourth-order valence-corrected chi connectivity index (χ4v) is 5.37. The molecule has 4 aromatic rings. The standard InChI is InChI=1S/C32H35N3O5/c1-6-15-40-23-10-8-22(9-11-23)30-27-28(24-17-19(2)16-20(3)31(24)36)33-34-29(27)32(37)35(30)14-13-21-7-12-25(38-4)26(18-21)39-5/h7-12,16-18,30,36H,6,13-15H2,1-5H3,(H,33,34). The van der Waals surface area contributed by atoms with E-state index in [0.29, 0.717) is 48.0 Å². The highest BCUT2D eigenvalue weighted by Crippen LogP contribution is 2.45. The van der Waals surface area contributed by atoms with Gasteiger partial charge in [-0.2, -0.15) is 5.10 Å². The van der Waals surface area contributed by atoms with Crippen LogP contribution >= 0.6 is 0 Å². The third-order valence-electron chi connectivity index (χ3n) is 7.32. The number of rotatable bonds is 10. The van der Waals surface area contributed by atoms with Gasteiger partial charge in [-0.15, -0.1) is 0 Å². The summed E-state index contributed by atoms with van der Waals surface area (Å²) in [5.74, 6) is 2.12. The first-order chi connectivity index (χ1) is 19.4. The SMILES string of the molecule is CCCOc1ccc(C2c3c(-c4cc(C)cc(C)c4O)n[nH]c3C(=O)N2CCc2ccc(OC)c(OC)c2)cc1. The lowest BCUT2D eigenvalue weighted by atomic mass is 9.94. The highest BCUT2D eigenvalue weighted by Gasteiger charge is 2.42. The van der Waals surface area contributed by atoms with E-state index < -0.39 is 6.04 Å². The Kier molecular flexibility index (Phi) is 7.69. The summed E-state index contributed by atoms with van der Waals surface area (Å²) in [5.41, 5.74) is 6.12. The number of hydrogen-bond donors (Lipinski definition) is 2. The molecule has 0 radical (unpaired) electrons. The Morgan fingerprint density at radius 3 is 2.45 bits per heavy atom. The fourth-order valence-electron chi connectivity index (χ4n) is 5.37. The highest BCUT2D eigenvalue weighted by atomic mass is 16.5. The van der Waals surface area contributed by atoms with Crippen LogP contribution in [0.3, 0.4) is 0 Å². The molecule has 1 aliphatic rings. The number of hydrogen-bond acceptors (Lipinski definition) is 6. The third-order valence-corrected chi connectivity index (χ3v) is 7.32. The molecule has 3 aromatic carbocycles. The van der Waals surface area contributed by atoms with E-state index in [0.717, 1.165) is 40.0 Å². The smallest absolute Gasteiger partial charge is 0.273 e. The zero-order valence-electron chi connectivity index (χ0n) is 23.6. The number of aromatic hydroxyl groups is 1. The highest BCUT2D eigenvalue weighted by molar-refractivity contribution is 6.00. The summed E-state index contributed by atoms with van der Waals surface area (Å²) >= 11 is 0. The minimum absolute atomic E-state index is 0.130. The molecule has 8 nitrogen and oxygen atoms in total. The molecule has 0 fully saturated rings. The molecule has 1 atom stereocenters. The first-order valence-electron chi connectivity index (χ1n) is 13.5. The van der Waals surface area contributed by atoms with E-state index in [4.69, 9.17) is 14.2 Å². The van der Waals surface area contributed by atoms with Gasteiger partial charge in [0.1, 0.15) is 22.9 Å². The molecule has 40 heavy (non-hydrogen) atoms. The van der Waals surface area contributed by atoms with Crippen LogP contribution in [0.4, 0.5) is 0 Å². The van der Waals surface area contributed by atoms with Crippen LogP contribution in [-0.2, 0) is 6.42 Å². The van der Waals surface area contributed by atoms with Crippen molar-refractivity contribution < 1.29 is 24.1 Å². The molecule has 0 saturated heterocycles. The first-order valence-corrected chi connectivity index (χ1v) is 13.5. The molecule has 1 amide bonds. The normalized spacial score (nSPS) is 14.4. The summed E-state index contributed by atoms with van der Waals surface area (Å²) in [6.45, 7) is 7.02. The van der Waals surface area contributed by atoms with Crippen molar-refractivity contribution in [1.82, 2.24) is 15.1 Å². The number of amides is 1. The molecule has 2 heterocycles. The fraction of sp³-hybridized carbons (Fsp3) is 0.312. The van der Waals surface area contributed by atoms with Gasteiger partial charge in [-0.05, 0) is 79.3 Å². The second kappa shape index (κ2) is 11.3. The number of nitrogens with zero attached hydrogens (tertiary/aromatic N) is 2. The van der Waals surface area contributed by atoms with Crippen molar-refractivity contribution >= 4 is 5.91 Å². The van der Waals surface area contributed by atoms with Crippen molar-refractivity contribution in [2.75, 3.05) is 27.4 Å². The molecule has 1 aliphatic heterocycles. The predicted molar refractivity (Wildman–Crippen MR) is 154 cm³/mol. The predicted octanol–water partition coefficient (Wildman–Crippen LogP) is 5.99. The van der Waals surface area contributed by atoms with Crippen LogP contribution in [0.15, 0.2) is 54.6 Å². The lowest BCUT2D eigenvalue weighted by Gasteiger charge is -2.27. The Morgan fingerprint density at radius 2 is 1.75 bits per heavy atom. The number of phenols is 1. The molecule has 2 N–H and O–H groups in total. The molecule has 8 heteroatoms. The van der Waals surface area contributed by atoms with Crippen LogP contribution in [0, 0.1) is 13.8 Å². The second-order valence-corrected chi connectivity index (χ2v) is 10.1. The average Bonchev–Trinajstić information content (AvgIpc) is 3.51. The molecule has 0 bridgehead atoms. The largest absolute Gasteiger partial charge is 0.507 e. The van der Waals surface area contributed by atoms with E-state index in [1.54, 1.807) is 14.2 Å². The van der Waals surface area contributed by atoms with Crippen molar-refractivity contribution in [3.05, 3.63) is 88.1 Å². The molecule has 208 valence electrons. The monoisotopic (exact) mass is 541 g/mol. The molecule has 1 unspecified atom stereocenters. The number of phenolic OH excluding ortho intramolecular Hbond substituents is 1. The van der Waals surface area contributed by atoms with Crippen molar-refractivity contribution in [2.24, 2.45) is 0 Å². The maximum atomic E-state index is 13.8. The molecule has 0 saturated carbocycles. The van der Waals surface area contributed by atoms with Gasteiger partial charge >= 0.3 is 0 Å². The Labute approximate surface area is 234 Å². The third kappa shape index (κ3) is 4.97. The molecule has 1 aromatic heterocycles. The summed E-state index contributed by atoms with van der Waals surface area (Å²) < 4.78 is 16.7. The van der Waals surface area contributed by atoms with Crippen molar-refractivity contribution in [1.29, 1.82) is 0 Å². The zero-order valence-corrected chi connectivity index (χ0v) is 23.6. The van der Waals surface area contributed by atoms with Gasteiger partial charge < -0.3 is 24.2 Å². The van der Waals surface area contributed by atoms with Gasteiger partial charge in [0.2, 0.25) is 0 Å². The van der Waals surface area contributed by atoms with Gasteiger partial charge in [0.15, 0.2) is 11.5 Å². The van der Waals surface area contributed by atoms with E-state index in [9.17, 15) is 9.90 Å². The number of aromatic amines is 1. The van der Waals surface area contributed by atoms with Gasteiger partial charge in [-0.1, -0.05) is 31.2 Å². The Hall–Kier alpha value is -4.46. The number of carbonyl (C=O) groups is 1. The summed E-state index contributed by atoms with van der Waals surface area (Å²) in [5, 5.41) is 18.5. The number of carbonyl (C=O) groups excluding carboxylic acids is 1. The maximum absolute atomic E-state index is 13.8. The zero-order chi connectivity index (χ0) is 28.4. The number of H-pyrrole nitrogens is 1. The Bertz CT molecular complexity index is 1530. The quantitative estimate of drug-likeness (QED) is 0.256.